The maximum atomic E-state index is 6.72. The van der Waals surface area contributed by atoms with Crippen LogP contribution in [0, 0.1) is 0 Å². The van der Waals surface area contributed by atoms with Crippen molar-refractivity contribution < 1.29 is 4.74 Å². The molecule has 1 aliphatic heterocycles. The normalized spacial score (nSPS) is 12.8. The Morgan fingerprint density at radius 2 is 0.871 bits per heavy atom. The van der Waals surface area contributed by atoms with Crippen LogP contribution in [0.2, 0.25) is 0 Å². The summed E-state index contributed by atoms with van der Waals surface area (Å²) in [5.74, 6) is 2.30. The summed E-state index contributed by atoms with van der Waals surface area (Å²) < 4.78 is 11.7. The Kier molecular flexibility index (Phi) is 9.24. The van der Waals surface area contributed by atoms with Gasteiger partial charge >= 0.3 is 0 Å². The number of benzene rings is 9. The van der Waals surface area contributed by atoms with Crippen LogP contribution in [0.15, 0.2) is 231 Å². The van der Waals surface area contributed by atoms with Crippen molar-refractivity contribution in [3.05, 3.63) is 242 Å². The van der Waals surface area contributed by atoms with E-state index in [0.717, 1.165) is 103 Å². The van der Waals surface area contributed by atoms with E-state index in [1.807, 2.05) is 24.3 Å². The largest absolute Gasteiger partial charge is 0.453 e. The zero-order valence-electron chi connectivity index (χ0n) is 38.1. The predicted molar refractivity (Wildman–Crippen MR) is 287 cm³/mol. The monoisotopic (exact) mass is 897 g/mol. The van der Waals surface area contributed by atoms with Crippen molar-refractivity contribution in [3.8, 4) is 67.9 Å². The number of para-hydroxylation sites is 7. The average Bonchev–Trinajstić information content (AvgIpc) is 3.95. The number of aromatic nitrogens is 4. The Labute approximate surface area is 405 Å². The van der Waals surface area contributed by atoms with Crippen LogP contribution in [0.4, 0.5) is 17.1 Å². The molecule has 0 saturated heterocycles. The van der Waals surface area contributed by atoms with Gasteiger partial charge in [0.15, 0.2) is 17.3 Å². The Bertz CT molecular complexity index is 3880. The first-order valence-electron chi connectivity index (χ1n) is 24.0. The van der Waals surface area contributed by atoms with Crippen molar-refractivity contribution in [1.29, 1.82) is 0 Å². The molecular weight excluding hydrogens is 855 g/mol. The molecule has 70 heavy (non-hydrogen) atoms. The molecule has 9 aromatic carbocycles. The molecule has 0 fully saturated rings. The average molecular weight is 898 g/mol. The van der Waals surface area contributed by atoms with Gasteiger partial charge in [0.1, 0.15) is 0 Å². The van der Waals surface area contributed by atoms with Gasteiger partial charge < -0.3 is 13.9 Å². The number of aryl methyl sites for hydroxylation is 1. The third kappa shape index (κ3) is 6.41. The summed E-state index contributed by atoms with van der Waals surface area (Å²) in [6, 6.07) is 79.8. The van der Waals surface area contributed by atoms with Gasteiger partial charge in [-0.2, -0.15) is 0 Å². The minimum Gasteiger partial charge on any atom is -0.453 e. The molecule has 0 N–H and O–H groups in total. The molecule has 14 rings (SSSR count). The van der Waals surface area contributed by atoms with Gasteiger partial charge in [0.05, 0.1) is 56.4 Å². The van der Waals surface area contributed by atoms with Gasteiger partial charge in [-0.3, -0.25) is 4.90 Å². The minimum atomic E-state index is 0.694. The summed E-state index contributed by atoms with van der Waals surface area (Å²) in [6.45, 7) is 0. The van der Waals surface area contributed by atoms with Gasteiger partial charge in [-0.15, -0.1) is 0 Å². The summed E-state index contributed by atoms with van der Waals surface area (Å²) >= 11 is 0. The lowest BCUT2D eigenvalue weighted by molar-refractivity contribution is 0.477. The standard InChI is InChI=1S/C64H43N5O/c1-3-19-43(20-4-1)51-41-52(66-64(65-51)45-21-5-2-6-22-45)44-37-35-42(36-38-44)46-39-59(67-53-27-11-7-23-47(53)48-24-8-12-28-54(48)67)63(69-57-31-15-17-33-61(57)70-62-34-18-16-32-58(62)69)60(40-46)68-55-29-13-9-25-49(55)50-26-10-14-30-56(50)68/h1-9,11-25,27-41H,10,26H2. The zero-order chi connectivity index (χ0) is 46.1. The third-order valence-corrected chi connectivity index (χ3v) is 14.0. The molecule has 6 nitrogen and oxygen atoms in total. The Balaban J connectivity index is 1.07. The van der Waals surface area contributed by atoms with E-state index < -0.39 is 0 Å². The van der Waals surface area contributed by atoms with E-state index in [1.54, 1.807) is 0 Å². The first-order chi connectivity index (χ1) is 34.7. The fourth-order valence-corrected chi connectivity index (χ4v) is 10.8. The first kappa shape index (κ1) is 39.9. The van der Waals surface area contributed by atoms with Gasteiger partial charge in [0.25, 0.3) is 0 Å². The van der Waals surface area contributed by atoms with Gasteiger partial charge in [-0.05, 0) is 96.3 Å². The number of fused-ring (bicyclic) bond motifs is 8. The van der Waals surface area contributed by atoms with E-state index >= 15 is 0 Å². The van der Waals surface area contributed by atoms with Crippen molar-refractivity contribution in [2.24, 2.45) is 0 Å². The number of ether oxygens (including phenoxy) is 1. The van der Waals surface area contributed by atoms with Crippen molar-refractivity contribution in [2.45, 2.75) is 12.8 Å². The molecule has 6 heteroatoms. The highest BCUT2D eigenvalue weighted by Gasteiger charge is 2.33. The SMILES string of the molecule is C1=Cc2c(c3ccccc3n2-c2cc(-c3ccc(-c4cc(-c5ccccc5)nc(-c5ccccc5)n4)cc3)cc(-n3c4ccccc4c4ccccc43)c2N2c3ccccc3Oc3ccccc32)CC1. The number of anilines is 3. The highest BCUT2D eigenvalue weighted by atomic mass is 16.5. The van der Waals surface area contributed by atoms with Gasteiger partial charge in [-0.1, -0.05) is 170 Å². The fourth-order valence-electron chi connectivity index (χ4n) is 10.8. The van der Waals surface area contributed by atoms with Crippen molar-refractivity contribution in [1.82, 2.24) is 19.1 Å². The van der Waals surface area contributed by atoms with Crippen molar-refractivity contribution in [2.75, 3.05) is 4.90 Å². The maximum absolute atomic E-state index is 6.72. The highest BCUT2D eigenvalue weighted by molar-refractivity contribution is 6.11. The van der Waals surface area contributed by atoms with E-state index in [9.17, 15) is 0 Å². The molecule has 330 valence electrons. The zero-order valence-corrected chi connectivity index (χ0v) is 38.1. The molecule has 0 amide bonds. The summed E-state index contributed by atoms with van der Waals surface area (Å²) in [4.78, 5) is 12.7. The van der Waals surface area contributed by atoms with Crippen LogP contribution >= 0.6 is 0 Å². The lowest BCUT2D eigenvalue weighted by Gasteiger charge is -2.36. The number of hydrogen-bond acceptors (Lipinski definition) is 4. The van der Waals surface area contributed by atoms with Crippen LogP contribution in [-0.4, -0.2) is 19.1 Å². The molecule has 0 bridgehead atoms. The van der Waals surface area contributed by atoms with Crippen LogP contribution in [0.3, 0.4) is 0 Å². The number of hydrogen-bond donors (Lipinski definition) is 0. The molecule has 12 aromatic rings. The fraction of sp³-hybridized carbons (Fsp3) is 0.0312. The van der Waals surface area contributed by atoms with E-state index in [1.165, 1.54) is 32.9 Å². The Morgan fingerprint density at radius 3 is 1.50 bits per heavy atom. The number of allylic oxidation sites excluding steroid dienone is 1. The Hall–Kier alpha value is -9.26. The van der Waals surface area contributed by atoms with Crippen LogP contribution < -0.4 is 9.64 Å². The molecule has 0 radical (unpaired) electrons. The molecule has 3 aromatic heterocycles. The summed E-state index contributed by atoms with van der Waals surface area (Å²) in [6.07, 6.45) is 6.64. The smallest absolute Gasteiger partial charge is 0.160 e. The minimum absolute atomic E-state index is 0.694. The van der Waals surface area contributed by atoms with Gasteiger partial charge in [-0.25, -0.2) is 9.97 Å². The second-order valence-electron chi connectivity index (χ2n) is 18.0. The molecule has 0 saturated carbocycles. The van der Waals surface area contributed by atoms with Crippen LogP contribution in [0.5, 0.6) is 11.5 Å². The maximum Gasteiger partial charge on any atom is 0.160 e. The topological polar surface area (TPSA) is 48.1 Å². The molecular formula is C64H43N5O. The van der Waals surface area contributed by atoms with Crippen LogP contribution in [0.1, 0.15) is 17.7 Å². The number of nitrogens with zero attached hydrogens (tertiary/aromatic N) is 5. The molecule has 2 aliphatic rings. The summed E-state index contributed by atoms with van der Waals surface area (Å²) in [5.41, 5.74) is 18.0. The lowest BCUT2D eigenvalue weighted by atomic mass is 9.98. The quantitative estimate of drug-likeness (QED) is 0.160. The summed E-state index contributed by atoms with van der Waals surface area (Å²) in [5, 5.41) is 3.67. The molecule has 0 spiro atoms. The highest BCUT2D eigenvalue weighted by Crippen LogP contribution is 2.55. The number of rotatable bonds is 7. The first-order valence-corrected chi connectivity index (χ1v) is 24.0. The molecule has 4 heterocycles. The van der Waals surface area contributed by atoms with Crippen LogP contribution in [-0.2, 0) is 6.42 Å². The van der Waals surface area contributed by atoms with E-state index in [0.29, 0.717) is 5.82 Å². The third-order valence-electron chi connectivity index (χ3n) is 14.0. The molecule has 0 atom stereocenters. The second-order valence-corrected chi connectivity index (χ2v) is 18.0. The van der Waals surface area contributed by atoms with E-state index in [-0.39, 0.29) is 0 Å². The molecule has 1 aliphatic carbocycles. The molecule has 0 unspecified atom stereocenters. The van der Waals surface area contributed by atoms with Gasteiger partial charge in [0, 0.05) is 38.5 Å². The summed E-state index contributed by atoms with van der Waals surface area (Å²) in [7, 11) is 0. The van der Waals surface area contributed by atoms with E-state index in [4.69, 9.17) is 14.7 Å². The Morgan fingerprint density at radius 1 is 0.386 bits per heavy atom. The lowest BCUT2D eigenvalue weighted by Crippen LogP contribution is -2.20. The van der Waals surface area contributed by atoms with E-state index in [2.05, 4.69) is 226 Å². The second kappa shape index (κ2) is 16.2. The van der Waals surface area contributed by atoms with Gasteiger partial charge in [0.2, 0.25) is 0 Å². The van der Waals surface area contributed by atoms with Crippen molar-refractivity contribution in [3.63, 3.8) is 0 Å². The predicted octanol–water partition coefficient (Wildman–Crippen LogP) is 16.7. The van der Waals surface area contributed by atoms with Crippen molar-refractivity contribution >= 4 is 55.8 Å². The van der Waals surface area contributed by atoms with Crippen LogP contribution in [0.25, 0.3) is 95.2 Å².